The number of hydrogen-bond acceptors (Lipinski definition) is 6. The first-order chi connectivity index (χ1) is 14.4. The number of ether oxygens (including phenoxy) is 2. The molecule has 1 saturated heterocycles. The first kappa shape index (κ1) is 22.4. The van der Waals surface area contributed by atoms with Crippen LogP contribution in [0.2, 0.25) is 0 Å². The Morgan fingerprint density at radius 1 is 1.03 bits per heavy atom. The van der Waals surface area contributed by atoms with Crippen LogP contribution in [0.25, 0.3) is 0 Å². The van der Waals surface area contributed by atoms with Gasteiger partial charge in [0.05, 0.1) is 14.2 Å². The van der Waals surface area contributed by atoms with E-state index >= 15 is 0 Å². The second-order valence-corrected chi connectivity index (χ2v) is 9.35. The Morgan fingerprint density at radius 2 is 1.70 bits per heavy atom. The lowest BCUT2D eigenvalue weighted by atomic mass is 10.1. The summed E-state index contributed by atoms with van der Waals surface area (Å²) in [7, 11) is 3.24. The summed E-state index contributed by atoms with van der Waals surface area (Å²) in [6.45, 7) is 2.22. The van der Waals surface area contributed by atoms with Crippen LogP contribution >= 0.6 is 0 Å². The molecule has 1 heterocycles. The van der Waals surface area contributed by atoms with Crippen LogP contribution in [0.5, 0.6) is 11.5 Å². The predicted molar refractivity (Wildman–Crippen MR) is 119 cm³/mol. The summed E-state index contributed by atoms with van der Waals surface area (Å²) < 4.78 is 39.4. The monoisotopic (exact) mass is 433 g/mol. The highest BCUT2D eigenvalue weighted by Gasteiger charge is 2.27. The molecule has 2 aromatic carbocycles. The zero-order chi connectivity index (χ0) is 21.7. The maximum absolute atomic E-state index is 13.0. The van der Waals surface area contributed by atoms with Gasteiger partial charge in [0.1, 0.15) is 16.4 Å². The highest BCUT2D eigenvalue weighted by atomic mass is 32.2. The van der Waals surface area contributed by atoms with Crippen molar-refractivity contribution in [2.75, 3.05) is 52.8 Å². The summed E-state index contributed by atoms with van der Waals surface area (Å²) in [5.74, 6) is 0.802. The van der Waals surface area contributed by atoms with Crippen molar-refractivity contribution in [3.8, 4) is 11.5 Å². The fourth-order valence-electron chi connectivity index (χ4n) is 3.77. The predicted octanol–water partition coefficient (Wildman–Crippen LogP) is 2.89. The summed E-state index contributed by atoms with van der Waals surface area (Å²) in [5.41, 5.74) is 2.22. The van der Waals surface area contributed by atoms with Crippen molar-refractivity contribution in [1.29, 1.82) is 0 Å². The number of sulfonamides is 1. The van der Waals surface area contributed by atoms with Gasteiger partial charge in [-0.25, -0.2) is 13.1 Å². The van der Waals surface area contributed by atoms with E-state index in [2.05, 4.69) is 33.9 Å². The van der Waals surface area contributed by atoms with E-state index in [-0.39, 0.29) is 16.7 Å². The van der Waals surface area contributed by atoms with E-state index in [1.807, 2.05) is 19.0 Å². The SMILES string of the molecule is COc1ccc(S(=O)(=O)NC[C@@H](c2ccc(N(C)C)cc2)N2CCCC2)c(OC)c1. The van der Waals surface area contributed by atoms with Gasteiger partial charge in [-0.2, -0.15) is 0 Å². The molecule has 0 spiro atoms. The molecule has 1 atom stereocenters. The highest BCUT2D eigenvalue weighted by molar-refractivity contribution is 7.89. The minimum atomic E-state index is -3.75. The van der Waals surface area contributed by atoms with Gasteiger partial charge in [-0.05, 0) is 55.8 Å². The van der Waals surface area contributed by atoms with Crippen LogP contribution in [0, 0.1) is 0 Å². The van der Waals surface area contributed by atoms with Crippen LogP contribution < -0.4 is 19.1 Å². The zero-order valence-corrected chi connectivity index (χ0v) is 18.9. The van der Waals surface area contributed by atoms with Gasteiger partial charge in [0.2, 0.25) is 10.0 Å². The van der Waals surface area contributed by atoms with Gasteiger partial charge < -0.3 is 14.4 Å². The number of benzene rings is 2. The van der Waals surface area contributed by atoms with Crippen LogP contribution in [0.15, 0.2) is 47.4 Å². The van der Waals surface area contributed by atoms with E-state index in [0.29, 0.717) is 12.3 Å². The Hall–Kier alpha value is -2.29. The van der Waals surface area contributed by atoms with Crippen molar-refractivity contribution in [1.82, 2.24) is 9.62 Å². The summed E-state index contributed by atoms with van der Waals surface area (Å²) in [4.78, 5) is 4.50. The Morgan fingerprint density at radius 3 is 2.27 bits per heavy atom. The van der Waals surface area contributed by atoms with E-state index in [9.17, 15) is 8.42 Å². The first-order valence-electron chi connectivity index (χ1n) is 10.1. The molecule has 0 saturated carbocycles. The third-order valence-corrected chi connectivity index (χ3v) is 6.97. The summed E-state index contributed by atoms with van der Waals surface area (Å²) in [5, 5.41) is 0. The summed E-state index contributed by atoms with van der Waals surface area (Å²) in [6.07, 6.45) is 2.26. The molecular formula is C22H31N3O4S. The number of likely N-dealkylation sites (tertiary alicyclic amines) is 1. The molecule has 3 rings (SSSR count). The molecule has 1 aliphatic heterocycles. The van der Waals surface area contributed by atoms with Crippen LogP contribution in [0.3, 0.4) is 0 Å². The van der Waals surface area contributed by atoms with Crippen molar-refractivity contribution in [3.63, 3.8) is 0 Å². The quantitative estimate of drug-likeness (QED) is 0.656. The molecule has 0 unspecified atom stereocenters. The minimum Gasteiger partial charge on any atom is -0.497 e. The molecule has 0 bridgehead atoms. The van der Waals surface area contributed by atoms with Crippen molar-refractivity contribution >= 4 is 15.7 Å². The smallest absolute Gasteiger partial charge is 0.244 e. The number of methoxy groups -OCH3 is 2. The Kier molecular flexibility index (Phi) is 7.23. The van der Waals surface area contributed by atoms with Gasteiger partial charge in [0.15, 0.2) is 0 Å². The molecule has 1 fully saturated rings. The number of nitrogens with zero attached hydrogens (tertiary/aromatic N) is 2. The fourth-order valence-corrected chi connectivity index (χ4v) is 4.96. The van der Waals surface area contributed by atoms with Gasteiger partial charge >= 0.3 is 0 Å². The molecular weight excluding hydrogens is 402 g/mol. The third kappa shape index (κ3) is 5.06. The second kappa shape index (κ2) is 9.68. The highest BCUT2D eigenvalue weighted by Crippen LogP contribution is 2.30. The molecule has 0 radical (unpaired) electrons. The van der Waals surface area contributed by atoms with E-state index in [0.717, 1.165) is 37.2 Å². The average molecular weight is 434 g/mol. The standard InChI is InChI=1S/C22H31N3O4S/c1-24(2)18-9-7-17(8-10-18)20(25-13-5-6-14-25)16-23-30(26,27)22-12-11-19(28-3)15-21(22)29-4/h7-12,15,20,23H,5-6,13-14,16H2,1-4H3/t20-/m0/s1. The van der Waals surface area contributed by atoms with E-state index < -0.39 is 10.0 Å². The Bertz CT molecular complexity index is 939. The van der Waals surface area contributed by atoms with Gasteiger partial charge in [-0.15, -0.1) is 0 Å². The maximum Gasteiger partial charge on any atom is 0.244 e. The second-order valence-electron chi connectivity index (χ2n) is 7.61. The molecule has 2 aromatic rings. The lowest BCUT2D eigenvalue weighted by molar-refractivity contribution is 0.246. The molecule has 1 N–H and O–H groups in total. The number of anilines is 1. The van der Waals surface area contributed by atoms with Gasteiger partial charge in [-0.3, -0.25) is 4.90 Å². The summed E-state index contributed by atoms with van der Waals surface area (Å²) in [6, 6.07) is 13.0. The van der Waals surface area contributed by atoms with Crippen molar-refractivity contribution < 1.29 is 17.9 Å². The first-order valence-corrected chi connectivity index (χ1v) is 11.6. The molecule has 0 aromatic heterocycles. The van der Waals surface area contributed by atoms with Crippen LogP contribution in [0.1, 0.15) is 24.4 Å². The lowest BCUT2D eigenvalue weighted by Gasteiger charge is -2.28. The average Bonchev–Trinajstić information content (AvgIpc) is 3.28. The molecule has 7 nitrogen and oxygen atoms in total. The molecule has 30 heavy (non-hydrogen) atoms. The van der Waals surface area contributed by atoms with Crippen molar-refractivity contribution in [2.45, 2.75) is 23.8 Å². The van der Waals surface area contributed by atoms with Crippen LogP contribution in [-0.2, 0) is 10.0 Å². The summed E-state index contributed by atoms with van der Waals surface area (Å²) >= 11 is 0. The molecule has 164 valence electrons. The molecule has 0 amide bonds. The number of nitrogens with one attached hydrogen (secondary N) is 1. The van der Waals surface area contributed by atoms with Crippen LogP contribution in [0.4, 0.5) is 5.69 Å². The third-order valence-electron chi connectivity index (χ3n) is 5.50. The number of hydrogen-bond donors (Lipinski definition) is 1. The zero-order valence-electron chi connectivity index (χ0n) is 18.1. The largest absolute Gasteiger partial charge is 0.497 e. The lowest BCUT2D eigenvalue weighted by Crippen LogP contribution is -2.36. The van der Waals surface area contributed by atoms with E-state index in [1.54, 1.807) is 12.1 Å². The maximum atomic E-state index is 13.0. The van der Waals surface area contributed by atoms with Gasteiger partial charge in [-0.1, -0.05) is 12.1 Å². The van der Waals surface area contributed by atoms with Crippen molar-refractivity contribution in [2.24, 2.45) is 0 Å². The topological polar surface area (TPSA) is 71.1 Å². The van der Waals surface area contributed by atoms with Gasteiger partial charge in [0.25, 0.3) is 0 Å². The number of rotatable bonds is 9. The normalized spacial score (nSPS) is 15.7. The van der Waals surface area contributed by atoms with E-state index in [1.165, 1.54) is 20.3 Å². The Balaban J connectivity index is 1.83. The molecule has 1 aliphatic rings. The molecule has 8 heteroatoms. The van der Waals surface area contributed by atoms with Gasteiger partial charge in [0, 0.05) is 38.4 Å². The minimum absolute atomic E-state index is 0.0252. The Labute approximate surface area is 179 Å². The fraction of sp³-hybridized carbons (Fsp3) is 0.455. The van der Waals surface area contributed by atoms with Crippen LogP contribution in [-0.4, -0.2) is 61.3 Å². The van der Waals surface area contributed by atoms with E-state index in [4.69, 9.17) is 9.47 Å². The molecule has 0 aliphatic carbocycles. The van der Waals surface area contributed by atoms with Crippen molar-refractivity contribution in [3.05, 3.63) is 48.0 Å².